The molecule has 2 aliphatic rings. The Hall–Kier alpha value is -2.67. The fourth-order valence-corrected chi connectivity index (χ4v) is 4.56. The van der Waals surface area contributed by atoms with E-state index in [2.05, 4.69) is 5.32 Å². The molecule has 1 N–H and O–H groups in total. The van der Waals surface area contributed by atoms with Crippen LogP contribution in [0.25, 0.3) is 0 Å². The van der Waals surface area contributed by atoms with Gasteiger partial charge in [-0.2, -0.15) is 0 Å². The van der Waals surface area contributed by atoms with Crippen molar-refractivity contribution < 1.29 is 19.2 Å². The summed E-state index contributed by atoms with van der Waals surface area (Å²) < 4.78 is 0. The number of carbonyl (C=O) groups excluding carboxylic acids is 4. The Balaban J connectivity index is 1.70. The largest absolute Gasteiger partial charge is 0.354 e. The van der Waals surface area contributed by atoms with E-state index < -0.39 is 6.04 Å². The minimum absolute atomic E-state index is 0.0205. The van der Waals surface area contributed by atoms with Crippen LogP contribution in [-0.4, -0.2) is 52.6 Å². The topological polar surface area (TPSA) is 86.8 Å². The maximum atomic E-state index is 13.3. The number of imide groups is 1. The predicted molar refractivity (Wildman–Crippen MR) is 126 cm³/mol. The van der Waals surface area contributed by atoms with Crippen molar-refractivity contribution in [3.8, 4) is 0 Å². The fourth-order valence-electron chi connectivity index (χ4n) is 4.37. The lowest BCUT2D eigenvalue weighted by atomic mass is 9.85. The van der Waals surface area contributed by atoms with Gasteiger partial charge in [0.25, 0.3) is 0 Å². The second kappa shape index (κ2) is 11.5. The number of unbranched alkanes of at least 4 members (excludes halogenated alkanes) is 1. The summed E-state index contributed by atoms with van der Waals surface area (Å²) in [7, 11) is 0. The lowest BCUT2D eigenvalue weighted by Gasteiger charge is -2.29. The number of benzene rings is 1. The van der Waals surface area contributed by atoms with Crippen LogP contribution in [0.1, 0.15) is 51.5 Å². The number of nitrogens with zero attached hydrogens (tertiary/aromatic N) is 2. The number of allylic oxidation sites excluding steroid dienone is 2. The average Bonchev–Trinajstić information content (AvgIpc) is 3.06. The summed E-state index contributed by atoms with van der Waals surface area (Å²) in [6.45, 7) is 4.45. The highest BCUT2D eigenvalue weighted by molar-refractivity contribution is 6.31. The Labute approximate surface area is 200 Å². The first-order valence-corrected chi connectivity index (χ1v) is 12.0. The van der Waals surface area contributed by atoms with Crippen LogP contribution in [0.15, 0.2) is 36.4 Å². The van der Waals surface area contributed by atoms with Crippen LogP contribution in [0.3, 0.4) is 0 Å². The van der Waals surface area contributed by atoms with Crippen LogP contribution in [0.2, 0.25) is 5.02 Å². The molecule has 1 saturated heterocycles. The highest BCUT2D eigenvalue weighted by Gasteiger charge is 2.47. The normalized spacial score (nSPS) is 20.5. The van der Waals surface area contributed by atoms with E-state index >= 15 is 0 Å². The summed E-state index contributed by atoms with van der Waals surface area (Å²) in [6, 6.07) is 6.46. The van der Waals surface area contributed by atoms with Gasteiger partial charge in [-0.3, -0.25) is 24.1 Å². The molecule has 1 aromatic rings. The number of hydrogen-bond donors (Lipinski definition) is 1. The third-order valence-corrected chi connectivity index (χ3v) is 6.81. The van der Waals surface area contributed by atoms with E-state index in [4.69, 9.17) is 11.6 Å². The molecular formula is C25H32ClN3O4. The van der Waals surface area contributed by atoms with E-state index in [1.165, 1.54) is 9.80 Å². The first-order chi connectivity index (χ1) is 15.8. The molecule has 1 aliphatic heterocycles. The molecule has 1 aliphatic carbocycles. The zero-order valence-electron chi connectivity index (χ0n) is 19.3. The highest BCUT2D eigenvalue weighted by Crippen LogP contribution is 2.35. The van der Waals surface area contributed by atoms with Gasteiger partial charge in [-0.25, -0.2) is 0 Å². The Morgan fingerprint density at radius 1 is 1.15 bits per heavy atom. The summed E-state index contributed by atoms with van der Waals surface area (Å²) in [6.07, 6.45) is 6.76. The summed E-state index contributed by atoms with van der Waals surface area (Å²) in [5.74, 6) is -1.59. The van der Waals surface area contributed by atoms with Crippen molar-refractivity contribution in [3.05, 3.63) is 47.0 Å². The van der Waals surface area contributed by atoms with Gasteiger partial charge in [-0.05, 0) is 37.8 Å². The third kappa shape index (κ3) is 5.82. The Kier molecular flexibility index (Phi) is 8.67. The number of fused-ring (bicyclic) bond motifs is 1. The maximum absolute atomic E-state index is 13.3. The number of halogens is 1. The van der Waals surface area contributed by atoms with Crippen LogP contribution in [-0.2, 0) is 25.7 Å². The van der Waals surface area contributed by atoms with Gasteiger partial charge in [0.05, 0.1) is 11.8 Å². The quantitative estimate of drug-likeness (QED) is 0.321. The second-order valence-electron chi connectivity index (χ2n) is 8.67. The first kappa shape index (κ1) is 25.0. The summed E-state index contributed by atoms with van der Waals surface area (Å²) in [5, 5.41) is 3.38. The molecule has 178 valence electrons. The van der Waals surface area contributed by atoms with Crippen molar-refractivity contribution in [2.75, 3.05) is 13.1 Å². The summed E-state index contributed by atoms with van der Waals surface area (Å²) >= 11 is 6.31. The number of hydrogen-bond acceptors (Lipinski definition) is 4. The standard InChI is InChI=1S/C25H32ClN3O4/c1-3-4-14-27-23(31)17(2)29(16-18-9-5-8-12-21(18)26)22(30)13-15-28-24(32)19-10-6-7-11-20(19)25(28)33/h5-9,12,17,19-20H,3-4,10-11,13-16H2,1-2H3,(H,27,31)/t17-,19-,20+/m0/s1. The maximum Gasteiger partial charge on any atom is 0.242 e. The number of rotatable bonds is 10. The van der Waals surface area contributed by atoms with Gasteiger partial charge in [0.2, 0.25) is 23.6 Å². The van der Waals surface area contributed by atoms with Crippen molar-refractivity contribution in [1.29, 1.82) is 0 Å². The van der Waals surface area contributed by atoms with Crippen LogP contribution in [0, 0.1) is 11.8 Å². The van der Waals surface area contributed by atoms with Gasteiger partial charge in [0, 0.05) is 31.1 Å². The number of likely N-dealkylation sites (tertiary alicyclic amines) is 1. The van der Waals surface area contributed by atoms with E-state index in [9.17, 15) is 19.2 Å². The lowest BCUT2D eigenvalue weighted by molar-refractivity contribution is -0.143. The van der Waals surface area contributed by atoms with Crippen molar-refractivity contribution in [1.82, 2.24) is 15.1 Å². The molecule has 8 heteroatoms. The lowest BCUT2D eigenvalue weighted by Crippen LogP contribution is -2.48. The molecule has 0 radical (unpaired) electrons. The van der Waals surface area contributed by atoms with Gasteiger partial charge in [-0.15, -0.1) is 0 Å². The van der Waals surface area contributed by atoms with E-state index in [0.717, 1.165) is 18.4 Å². The van der Waals surface area contributed by atoms with E-state index in [1.54, 1.807) is 19.1 Å². The highest BCUT2D eigenvalue weighted by atomic mass is 35.5. The van der Waals surface area contributed by atoms with Crippen molar-refractivity contribution >= 4 is 35.2 Å². The summed E-state index contributed by atoms with van der Waals surface area (Å²) in [5.41, 5.74) is 0.728. The molecule has 4 amide bonds. The smallest absolute Gasteiger partial charge is 0.242 e. The van der Waals surface area contributed by atoms with Crippen LogP contribution in [0.4, 0.5) is 0 Å². The fraction of sp³-hybridized carbons (Fsp3) is 0.520. The minimum Gasteiger partial charge on any atom is -0.354 e. The summed E-state index contributed by atoms with van der Waals surface area (Å²) in [4.78, 5) is 54.1. The number of nitrogens with one attached hydrogen (secondary N) is 1. The van der Waals surface area contributed by atoms with Crippen molar-refractivity contribution in [2.45, 2.75) is 58.5 Å². The van der Waals surface area contributed by atoms with Gasteiger partial charge in [0.1, 0.15) is 6.04 Å². The molecular weight excluding hydrogens is 442 g/mol. The first-order valence-electron chi connectivity index (χ1n) is 11.7. The molecule has 0 saturated carbocycles. The van der Waals surface area contributed by atoms with Crippen LogP contribution in [0.5, 0.6) is 0 Å². The minimum atomic E-state index is -0.720. The van der Waals surface area contributed by atoms with Gasteiger partial charge in [-0.1, -0.05) is 55.3 Å². The predicted octanol–water partition coefficient (Wildman–Crippen LogP) is 3.31. The van der Waals surface area contributed by atoms with Crippen molar-refractivity contribution in [3.63, 3.8) is 0 Å². The monoisotopic (exact) mass is 473 g/mol. The molecule has 0 spiro atoms. The molecule has 0 aromatic heterocycles. The Bertz CT molecular complexity index is 906. The molecule has 1 heterocycles. The van der Waals surface area contributed by atoms with Gasteiger partial charge >= 0.3 is 0 Å². The Morgan fingerprint density at radius 3 is 2.39 bits per heavy atom. The molecule has 0 unspecified atom stereocenters. The number of carbonyl (C=O) groups is 4. The third-order valence-electron chi connectivity index (χ3n) is 6.44. The molecule has 1 fully saturated rings. The van der Waals surface area contributed by atoms with Crippen LogP contribution < -0.4 is 5.32 Å². The Morgan fingerprint density at radius 2 is 1.79 bits per heavy atom. The average molecular weight is 474 g/mol. The zero-order valence-corrected chi connectivity index (χ0v) is 20.0. The molecule has 33 heavy (non-hydrogen) atoms. The van der Waals surface area contributed by atoms with Crippen LogP contribution >= 0.6 is 11.6 Å². The molecule has 3 atom stereocenters. The van der Waals surface area contributed by atoms with E-state index in [0.29, 0.717) is 24.4 Å². The van der Waals surface area contributed by atoms with E-state index in [-0.39, 0.29) is 55.0 Å². The SMILES string of the molecule is CCCCNC(=O)[C@H](C)N(Cc1ccccc1Cl)C(=O)CCN1C(=O)[C@H]2CC=CC[C@H]2C1=O. The van der Waals surface area contributed by atoms with Crippen molar-refractivity contribution in [2.24, 2.45) is 11.8 Å². The molecule has 1 aromatic carbocycles. The molecule has 7 nitrogen and oxygen atoms in total. The van der Waals surface area contributed by atoms with Gasteiger partial charge in [0.15, 0.2) is 0 Å². The zero-order chi connectivity index (χ0) is 24.0. The van der Waals surface area contributed by atoms with E-state index in [1.807, 2.05) is 31.2 Å². The number of amides is 4. The molecule has 0 bridgehead atoms. The van der Waals surface area contributed by atoms with Gasteiger partial charge < -0.3 is 10.2 Å². The molecule has 3 rings (SSSR count). The second-order valence-corrected chi connectivity index (χ2v) is 9.07.